The summed E-state index contributed by atoms with van der Waals surface area (Å²) in [6.45, 7) is 7.64. The number of ketones is 1. The Morgan fingerprint density at radius 3 is 2.11 bits per heavy atom. The van der Waals surface area contributed by atoms with E-state index in [1.165, 1.54) is 0 Å². The first kappa shape index (κ1) is 14.9. The zero-order valence-corrected chi connectivity index (χ0v) is 12.7. The minimum absolute atomic E-state index is 0.00797. The van der Waals surface area contributed by atoms with Crippen LogP contribution in [0.4, 0.5) is 0 Å². The summed E-state index contributed by atoms with van der Waals surface area (Å²) in [6.07, 6.45) is 0. The SMILES string of the molecule is CC(C)N(C(=O)C(=O)c1cccc(Br)c1)C(C)C. The van der Waals surface area contributed by atoms with Gasteiger partial charge in [0.1, 0.15) is 0 Å². The van der Waals surface area contributed by atoms with Crippen molar-refractivity contribution in [3.8, 4) is 0 Å². The molecular weight excluding hydrogens is 294 g/mol. The molecule has 0 bridgehead atoms. The zero-order chi connectivity index (χ0) is 13.9. The number of amides is 1. The maximum Gasteiger partial charge on any atom is 0.295 e. The lowest BCUT2D eigenvalue weighted by atomic mass is 10.1. The second-order valence-corrected chi connectivity index (χ2v) is 5.66. The van der Waals surface area contributed by atoms with Gasteiger partial charge in [-0.25, -0.2) is 0 Å². The summed E-state index contributed by atoms with van der Waals surface area (Å²) in [7, 11) is 0. The quantitative estimate of drug-likeness (QED) is 0.632. The first-order valence-corrected chi connectivity index (χ1v) is 6.76. The first-order chi connectivity index (χ1) is 8.34. The molecule has 0 aliphatic carbocycles. The van der Waals surface area contributed by atoms with Crippen molar-refractivity contribution in [1.29, 1.82) is 0 Å². The van der Waals surface area contributed by atoms with Crippen molar-refractivity contribution in [3.63, 3.8) is 0 Å². The predicted octanol–water partition coefficient (Wildman–Crippen LogP) is 3.28. The van der Waals surface area contributed by atoms with Gasteiger partial charge < -0.3 is 4.90 Å². The number of carbonyl (C=O) groups is 2. The molecule has 0 unspecified atom stereocenters. The highest BCUT2D eigenvalue weighted by Gasteiger charge is 2.27. The fraction of sp³-hybridized carbons (Fsp3) is 0.429. The Morgan fingerprint density at radius 2 is 1.67 bits per heavy atom. The minimum atomic E-state index is -0.460. The molecule has 0 atom stereocenters. The Kier molecular flexibility index (Phi) is 5.08. The van der Waals surface area contributed by atoms with Gasteiger partial charge in [-0.3, -0.25) is 9.59 Å². The molecular formula is C14H18BrNO2. The molecule has 0 aromatic heterocycles. The molecule has 3 nitrogen and oxygen atoms in total. The van der Waals surface area contributed by atoms with Gasteiger partial charge in [0, 0.05) is 22.1 Å². The third-order valence-electron chi connectivity index (χ3n) is 2.63. The minimum Gasteiger partial charge on any atom is -0.331 e. The highest BCUT2D eigenvalue weighted by atomic mass is 79.9. The van der Waals surface area contributed by atoms with E-state index in [2.05, 4.69) is 15.9 Å². The van der Waals surface area contributed by atoms with Crippen LogP contribution in [0.15, 0.2) is 28.7 Å². The van der Waals surface area contributed by atoms with E-state index in [1.54, 1.807) is 23.1 Å². The molecule has 4 heteroatoms. The molecule has 18 heavy (non-hydrogen) atoms. The van der Waals surface area contributed by atoms with E-state index in [1.807, 2.05) is 33.8 Å². The lowest BCUT2D eigenvalue weighted by Crippen LogP contribution is -2.45. The first-order valence-electron chi connectivity index (χ1n) is 5.97. The van der Waals surface area contributed by atoms with Crippen LogP contribution in [0.3, 0.4) is 0 Å². The van der Waals surface area contributed by atoms with Gasteiger partial charge in [-0.1, -0.05) is 28.1 Å². The molecule has 1 aromatic carbocycles. The van der Waals surface area contributed by atoms with E-state index >= 15 is 0 Å². The second kappa shape index (κ2) is 6.14. The molecule has 0 N–H and O–H groups in total. The molecule has 1 aromatic rings. The summed E-state index contributed by atoms with van der Waals surface area (Å²) in [5, 5.41) is 0. The maximum atomic E-state index is 12.2. The van der Waals surface area contributed by atoms with E-state index in [-0.39, 0.29) is 12.1 Å². The Labute approximate surface area is 116 Å². The van der Waals surface area contributed by atoms with Gasteiger partial charge in [-0.2, -0.15) is 0 Å². The van der Waals surface area contributed by atoms with E-state index in [9.17, 15) is 9.59 Å². The highest BCUT2D eigenvalue weighted by molar-refractivity contribution is 9.10. The van der Waals surface area contributed by atoms with Crippen molar-refractivity contribution in [2.45, 2.75) is 39.8 Å². The van der Waals surface area contributed by atoms with Crippen LogP contribution in [0.25, 0.3) is 0 Å². The average molecular weight is 312 g/mol. The molecule has 0 saturated heterocycles. The summed E-state index contributed by atoms with van der Waals surface area (Å²) in [4.78, 5) is 25.9. The van der Waals surface area contributed by atoms with Crippen molar-refractivity contribution in [2.24, 2.45) is 0 Å². The molecule has 0 spiro atoms. The van der Waals surface area contributed by atoms with Crippen LogP contribution in [-0.2, 0) is 4.79 Å². The maximum absolute atomic E-state index is 12.2. The Bertz CT molecular complexity index is 447. The van der Waals surface area contributed by atoms with Gasteiger partial charge in [0.05, 0.1) is 0 Å². The van der Waals surface area contributed by atoms with Gasteiger partial charge in [-0.05, 0) is 39.8 Å². The number of benzene rings is 1. The molecule has 98 valence electrons. The van der Waals surface area contributed by atoms with Gasteiger partial charge >= 0.3 is 0 Å². The summed E-state index contributed by atoms with van der Waals surface area (Å²) in [5.41, 5.74) is 0.417. The Morgan fingerprint density at radius 1 is 1.11 bits per heavy atom. The van der Waals surface area contributed by atoms with Crippen molar-refractivity contribution in [1.82, 2.24) is 4.90 Å². The van der Waals surface area contributed by atoms with E-state index < -0.39 is 11.7 Å². The topological polar surface area (TPSA) is 37.4 Å². The number of hydrogen-bond donors (Lipinski definition) is 0. The second-order valence-electron chi connectivity index (χ2n) is 4.74. The Balaban J connectivity index is 2.99. The van der Waals surface area contributed by atoms with Gasteiger partial charge in [0.25, 0.3) is 5.91 Å². The molecule has 0 fully saturated rings. The summed E-state index contributed by atoms with van der Waals surface area (Å²) in [5.74, 6) is -0.906. The number of hydrogen-bond acceptors (Lipinski definition) is 2. The van der Waals surface area contributed by atoms with Crippen LogP contribution in [0.2, 0.25) is 0 Å². The van der Waals surface area contributed by atoms with Crippen molar-refractivity contribution in [2.75, 3.05) is 0 Å². The highest BCUT2D eigenvalue weighted by Crippen LogP contribution is 2.14. The summed E-state index contributed by atoms with van der Waals surface area (Å²) in [6, 6.07) is 6.91. The van der Waals surface area contributed by atoms with Gasteiger partial charge in [0.15, 0.2) is 0 Å². The van der Waals surface area contributed by atoms with E-state index in [4.69, 9.17) is 0 Å². The zero-order valence-electron chi connectivity index (χ0n) is 11.1. The van der Waals surface area contributed by atoms with Gasteiger partial charge in [-0.15, -0.1) is 0 Å². The number of carbonyl (C=O) groups excluding carboxylic acids is 2. The predicted molar refractivity (Wildman–Crippen MR) is 75.6 cm³/mol. The largest absolute Gasteiger partial charge is 0.331 e. The van der Waals surface area contributed by atoms with Crippen LogP contribution in [0.5, 0.6) is 0 Å². The van der Waals surface area contributed by atoms with Crippen LogP contribution in [0, 0.1) is 0 Å². The van der Waals surface area contributed by atoms with Crippen molar-refractivity contribution < 1.29 is 9.59 Å². The fourth-order valence-electron chi connectivity index (χ4n) is 1.94. The van der Waals surface area contributed by atoms with Crippen LogP contribution < -0.4 is 0 Å². The molecule has 0 radical (unpaired) electrons. The standard InChI is InChI=1S/C14H18BrNO2/c1-9(2)16(10(3)4)14(18)13(17)11-6-5-7-12(15)8-11/h5-10H,1-4H3. The molecule has 0 aliphatic heterocycles. The number of halogens is 1. The van der Waals surface area contributed by atoms with Crippen molar-refractivity contribution in [3.05, 3.63) is 34.3 Å². The van der Waals surface area contributed by atoms with E-state index in [0.717, 1.165) is 4.47 Å². The van der Waals surface area contributed by atoms with Crippen LogP contribution in [0.1, 0.15) is 38.1 Å². The monoisotopic (exact) mass is 311 g/mol. The molecule has 1 rings (SSSR count). The number of rotatable bonds is 4. The molecule has 1 amide bonds. The summed E-state index contributed by atoms with van der Waals surface area (Å²) < 4.78 is 0.793. The van der Waals surface area contributed by atoms with Crippen molar-refractivity contribution >= 4 is 27.6 Å². The molecule has 0 saturated carbocycles. The average Bonchev–Trinajstić information content (AvgIpc) is 2.26. The van der Waals surface area contributed by atoms with Crippen LogP contribution in [-0.4, -0.2) is 28.7 Å². The third kappa shape index (κ3) is 3.42. The smallest absolute Gasteiger partial charge is 0.295 e. The normalized spacial score (nSPS) is 10.8. The molecule has 0 aliphatic rings. The third-order valence-corrected chi connectivity index (χ3v) is 3.12. The lowest BCUT2D eigenvalue weighted by molar-refractivity contribution is -0.129. The van der Waals surface area contributed by atoms with Gasteiger partial charge in [0.2, 0.25) is 5.78 Å². The molecule has 0 heterocycles. The van der Waals surface area contributed by atoms with Crippen LogP contribution >= 0.6 is 15.9 Å². The van der Waals surface area contributed by atoms with E-state index in [0.29, 0.717) is 5.56 Å². The fourth-order valence-corrected chi connectivity index (χ4v) is 2.33. The summed E-state index contributed by atoms with van der Waals surface area (Å²) >= 11 is 3.30. The Hall–Kier alpha value is -1.16. The number of Topliss-reactive ketones (excluding diaryl/α,β-unsaturated/α-hetero) is 1. The lowest BCUT2D eigenvalue weighted by Gasteiger charge is -2.30. The number of nitrogens with zero attached hydrogens (tertiary/aromatic N) is 1.